The largest absolute Gasteiger partial charge is 0.493 e. The number of hydrogen-bond donors (Lipinski definition) is 1. The Labute approximate surface area is 111 Å². The van der Waals surface area contributed by atoms with Crippen LogP contribution in [0, 0.1) is 11.8 Å². The highest BCUT2D eigenvalue weighted by molar-refractivity contribution is 5.34. The number of aliphatic hydroxyl groups is 1. The highest BCUT2D eigenvalue weighted by Crippen LogP contribution is 2.27. The lowest BCUT2D eigenvalue weighted by molar-refractivity contribution is 0.163. The van der Waals surface area contributed by atoms with Crippen molar-refractivity contribution in [1.29, 1.82) is 0 Å². The van der Waals surface area contributed by atoms with E-state index in [0.717, 1.165) is 11.3 Å². The Bertz CT molecular complexity index is 347. The van der Waals surface area contributed by atoms with Crippen molar-refractivity contribution in [3.05, 3.63) is 29.8 Å². The fourth-order valence-corrected chi connectivity index (χ4v) is 2.21. The molecule has 18 heavy (non-hydrogen) atoms. The van der Waals surface area contributed by atoms with Gasteiger partial charge in [-0.1, -0.05) is 45.9 Å². The van der Waals surface area contributed by atoms with Gasteiger partial charge in [0.05, 0.1) is 12.7 Å². The first-order valence-corrected chi connectivity index (χ1v) is 6.94. The molecule has 0 saturated heterocycles. The van der Waals surface area contributed by atoms with E-state index in [1.165, 1.54) is 6.42 Å². The molecule has 0 heterocycles. The van der Waals surface area contributed by atoms with Crippen LogP contribution in [0.4, 0.5) is 0 Å². The summed E-state index contributed by atoms with van der Waals surface area (Å²) in [6.07, 6.45) is 1.45. The normalized spacial score (nSPS) is 14.6. The Hall–Kier alpha value is -1.02. The Kier molecular flexibility index (Phi) is 6.20. The third-order valence-electron chi connectivity index (χ3n) is 3.06. The maximum Gasteiger partial charge on any atom is 0.125 e. The standard InChI is InChI=1S/C16H26O2/c1-5-15(17)14-8-6-7-9-16(14)18-11-13(4)10-12(2)3/h6-9,12-13,15,17H,5,10-11H2,1-4H3/t13?,15-/m1/s1. The summed E-state index contributed by atoms with van der Waals surface area (Å²) in [5.74, 6) is 2.05. The average Bonchev–Trinajstić information content (AvgIpc) is 2.35. The van der Waals surface area contributed by atoms with E-state index in [0.29, 0.717) is 24.9 Å². The lowest BCUT2D eigenvalue weighted by Gasteiger charge is -2.18. The molecule has 1 rings (SSSR count). The maximum absolute atomic E-state index is 9.94. The molecule has 1 aromatic carbocycles. The van der Waals surface area contributed by atoms with Crippen molar-refractivity contribution in [3.8, 4) is 5.75 Å². The van der Waals surface area contributed by atoms with Crippen molar-refractivity contribution >= 4 is 0 Å². The van der Waals surface area contributed by atoms with E-state index >= 15 is 0 Å². The summed E-state index contributed by atoms with van der Waals surface area (Å²) >= 11 is 0. The maximum atomic E-state index is 9.94. The molecule has 102 valence electrons. The fourth-order valence-electron chi connectivity index (χ4n) is 2.21. The molecule has 0 aliphatic carbocycles. The van der Waals surface area contributed by atoms with Gasteiger partial charge in [0.15, 0.2) is 0 Å². The highest BCUT2D eigenvalue weighted by Gasteiger charge is 2.12. The molecule has 0 aliphatic rings. The molecule has 0 aliphatic heterocycles. The Morgan fingerprint density at radius 2 is 1.83 bits per heavy atom. The topological polar surface area (TPSA) is 29.5 Å². The average molecular weight is 250 g/mol. The Morgan fingerprint density at radius 1 is 1.17 bits per heavy atom. The van der Waals surface area contributed by atoms with Gasteiger partial charge in [0.2, 0.25) is 0 Å². The van der Waals surface area contributed by atoms with Gasteiger partial charge in [0.25, 0.3) is 0 Å². The molecule has 2 nitrogen and oxygen atoms in total. The number of hydrogen-bond acceptors (Lipinski definition) is 2. The second-order valence-electron chi connectivity index (χ2n) is 5.51. The van der Waals surface area contributed by atoms with E-state index in [1.54, 1.807) is 0 Å². The number of ether oxygens (including phenoxy) is 1. The van der Waals surface area contributed by atoms with Crippen LogP contribution < -0.4 is 4.74 Å². The molecular weight excluding hydrogens is 224 g/mol. The molecule has 0 aromatic heterocycles. The first-order chi connectivity index (χ1) is 8.54. The van der Waals surface area contributed by atoms with Gasteiger partial charge in [-0.15, -0.1) is 0 Å². The van der Waals surface area contributed by atoms with Crippen molar-refractivity contribution in [1.82, 2.24) is 0 Å². The Balaban J connectivity index is 2.61. The van der Waals surface area contributed by atoms with Gasteiger partial charge in [-0.2, -0.15) is 0 Å². The summed E-state index contributed by atoms with van der Waals surface area (Å²) < 4.78 is 5.86. The van der Waals surface area contributed by atoms with E-state index in [9.17, 15) is 5.11 Å². The number of rotatable bonds is 7. The third kappa shape index (κ3) is 4.69. The first kappa shape index (κ1) is 15.0. The first-order valence-electron chi connectivity index (χ1n) is 6.94. The summed E-state index contributed by atoms with van der Waals surface area (Å²) in [5.41, 5.74) is 0.900. The zero-order valence-electron chi connectivity index (χ0n) is 12.0. The van der Waals surface area contributed by atoms with Crippen LogP contribution in [0.25, 0.3) is 0 Å². The summed E-state index contributed by atoms with van der Waals surface area (Å²) in [5, 5.41) is 9.94. The summed E-state index contributed by atoms with van der Waals surface area (Å²) in [7, 11) is 0. The molecule has 1 N–H and O–H groups in total. The molecule has 0 spiro atoms. The minimum absolute atomic E-state index is 0.429. The molecule has 0 bridgehead atoms. The third-order valence-corrected chi connectivity index (χ3v) is 3.06. The minimum Gasteiger partial charge on any atom is -0.493 e. The lowest BCUT2D eigenvalue weighted by atomic mass is 10.00. The van der Waals surface area contributed by atoms with Gasteiger partial charge in [-0.3, -0.25) is 0 Å². The van der Waals surface area contributed by atoms with E-state index in [-0.39, 0.29) is 0 Å². The van der Waals surface area contributed by atoms with Gasteiger partial charge in [-0.25, -0.2) is 0 Å². The quantitative estimate of drug-likeness (QED) is 0.786. The molecule has 0 saturated carbocycles. The fraction of sp³-hybridized carbons (Fsp3) is 0.625. The van der Waals surface area contributed by atoms with Gasteiger partial charge in [-0.05, 0) is 30.7 Å². The van der Waals surface area contributed by atoms with E-state index in [2.05, 4.69) is 20.8 Å². The molecule has 2 heteroatoms. The van der Waals surface area contributed by atoms with Gasteiger partial charge < -0.3 is 9.84 Å². The van der Waals surface area contributed by atoms with Crippen LogP contribution in [-0.2, 0) is 0 Å². The van der Waals surface area contributed by atoms with Gasteiger partial charge >= 0.3 is 0 Å². The van der Waals surface area contributed by atoms with Crippen LogP contribution in [-0.4, -0.2) is 11.7 Å². The smallest absolute Gasteiger partial charge is 0.125 e. The van der Waals surface area contributed by atoms with Crippen LogP contribution in [0.5, 0.6) is 5.75 Å². The van der Waals surface area contributed by atoms with E-state index < -0.39 is 6.10 Å². The molecule has 0 amide bonds. The van der Waals surface area contributed by atoms with Crippen molar-refractivity contribution < 1.29 is 9.84 Å². The van der Waals surface area contributed by atoms with Crippen molar-refractivity contribution in [2.75, 3.05) is 6.61 Å². The van der Waals surface area contributed by atoms with Crippen LogP contribution in [0.3, 0.4) is 0 Å². The predicted molar refractivity (Wildman–Crippen MR) is 75.8 cm³/mol. The van der Waals surface area contributed by atoms with Crippen molar-refractivity contribution in [2.24, 2.45) is 11.8 Å². The van der Waals surface area contributed by atoms with Crippen LogP contribution >= 0.6 is 0 Å². The molecule has 1 aromatic rings. The molecular formula is C16H26O2. The second-order valence-corrected chi connectivity index (χ2v) is 5.51. The highest BCUT2D eigenvalue weighted by atomic mass is 16.5. The minimum atomic E-state index is -0.429. The van der Waals surface area contributed by atoms with Crippen molar-refractivity contribution in [2.45, 2.75) is 46.6 Å². The monoisotopic (exact) mass is 250 g/mol. The van der Waals surface area contributed by atoms with Gasteiger partial charge in [0.1, 0.15) is 5.75 Å². The summed E-state index contributed by atoms with van der Waals surface area (Å²) in [6.45, 7) is 9.35. The van der Waals surface area contributed by atoms with Crippen LogP contribution in [0.1, 0.15) is 52.2 Å². The lowest BCUT2D eigenvalue weighted by Crippen LogP contribution is -2.12. The zero-order valence-corrected chi connectivity index (χ0v) is 12.0. The van der Waals surface area contributed by atoms with Crippen LogP contribution in [0.15, 0.2) is 24.3 Å². The molecule has 0 fully saturated rings. The SMILES string of the molecule is CC[C@@H](O)c1ccccc1OCC(C)CC(C)C. The number of benzene rings is 1. The Morgan fingerprint density at radius 3 is 2.44 bits per heavy atom. The van der Waals surface area contributed by atoms with Gasteiger partial charge in [0, 0.05) is 5.56 Å². The molecule has 2 atom stereocenters. The molecule has 1 unspecified atom stereocenters. The zero-order chi connectivity index (χ0) is 13.5. The van der Waals surface area contributed by atoms with Crippen LogP contribution in [0.2, 0.25) is 0 Å². The number of para-hydroxylation sites is 1. The number of aliphatic hydroxyl groups excluding tert-OH is 1. The van der Waals surface area contributed by atoms with E-state index in [4.69, 9.17) is 4.74 Å². The van der Waals surface area contributed by atoms with E-state index in [1.807, 2.05) is 31.2 Å². The molecule has 0 radical (unpaired) electrons. The summed E-state index contributed by atoms with van der Waals surface area (Å²) in [6, 6.07) is 7.78. The second kappa shape index (κ2) is 7.42. The van der Waals surface area contributed by atoms with Crippen molar-refractivity contribution in [3.63, 3.8) is 0 Å². The predicted octanol–water partition coefficient (Wildman–Crippen LogP) is 4.19. The summed E-state index contributed by atoms with van der Waals surface area (Å²) in [4.78, 5) is 0.